The maximum absolute atomic E-state index is 5.24. The van der Waals surface area contributed by atoms with Crippen LogP contribution in [-0.2, 0) is 0 Å². The minimum absolute atomic E-state index is 0.311. The number of benzene rings is 2. The molecule has 1 unspecified atom stereocenters. The van der Waals surface area contributed by atoms with E-state index < -0.39 is 0 Å². The molecule has 204 valence electrons. The number of nitrogens with zero attached hydrogens (tertiary/aromatic N) is 4. The van der Waals surface area contributed by atoms with E-state index in [4.69, 9.17) is 15.0 Å². The molecule has 3 heterocycles. The zero-order valence-corrected chi connectivity index (χ0v) is 24.1. The number of hydrogen-bond donors (Lipinski definition) is 0. The number of aromatic nitrogens is 2. The molecule has 0 bridgehead atoms. The monoisotopic (exact) mass is 536 g/mol. The van der Waals surface area contributed by atoms with Crippen LogP contribution in [0.3, 0.4) is 0 Å². The highest BCUT2D eigenvalue weighted by Crippen LogP contribution is 2.38. The Bertz CT molecular complexity index is 1830. The third-order valence-electron chi connectivity index (χ3n) is 7.65. The zero-order chi connectivity index (χ0) is 28.2. The van der Waals surface area contributed by atoms with Gasteiger partial charge in [-0.25, -0.2) is 9.97 Å². The van der Waals surface area contributed by atoms with Crippen molar-refractivity contribution in [3.05, 3.63) is 126 Å². The smallest absolute Gasteiger partial charge is 0.0975 e. The molecule has 6 rings (SSSR count). The van der Waals surface area contributed by atoms with Crippen LogP contribution in [0.15, 0.2) is 120 Å². The van der Waals surface area contributed by atoms with Crippen LogP contribution in [0.1, 0.15) is 50.8 Å². The van der Waals surface area contributed by atoms with E-state index in [1.165, 1.54) is 21.9 Å². The summed E-state index contributed by atoms with van der Waals surface area (Å²) < 4.78 is 0. The number of allylic oxidation sites excluding steroid dienone is 9. The van der Waals surface area contributed by atoms with Crippen LogP contribution < -0.4 is 0 Å². The third kappa shape index (κ3) is 5.55. The second-order valence-corrected chi connectivity index (χ2v) is 10.7. The van der Waals surface area contributed by atoms with Gasteiger partial charge in [0.15, 0.2) is 0 Å². The molecule has 0 fully saturated rings. The molecule has 41 heavy (non-hydrogen) atoms. The topological polar surface area (TPSA) is 41.4 Å². The summed E-state index contributed by atoms with van der Waals surface area (Å²) in [7, 11) is 0. The predicted octanol–water partition coefficient (Wildman–Crippen LogP) is 9.08. The molecule has 1 aliphatic carbocycles. The molecule has 0 saturated carbocycles. The molecule has 2 aromatic heterocycles. The van der Waals surface area contributed by atoms with Crippen molar-refractivity contribution in [2.75, 3.05) is 13.1 Å². The standard InChI is InChI=1S/C37H36N4/c1-4-12-27-14-11-23-41(25-27)24-26(3)38-33(13-5-2)34-22-20-29-19-21-31-35(28-15-7-6-8-16-28)30-17-9-10-18-32(30)39-37(31)36(29)40-34/h4,6-15,17-22,25,28H,5,16,23-24H2,1-3H3/b12-4-,33-13-,38-26?. The van der Waals surface area contributed by atoms with E-state index in [2.05, 4.69) is 128 Å². The summed E-state index contributed by atoms with van der Waals surface area (Å²) in [5.74, 6) is 0.311. The van der Waals surface area contributed by atoms with Crippen molar-refractivity contribution < 1.29 is 0 Å². The van der Waals surface area contributed by atoms with Gasteiger partial charge in [-0.05, 0) is 50.0 Å². The van der Waals surface area contributed by atoms with E-state index in [1.807, 2.05) is 6.92 Å². The van der Waals surface area contributed by atoms with Gasteiger partial charge in [0.2, 0.25) is 0 Å². The molecular formula is C37H36N4. The molecule has 4 aromatic rings. The first kappa shape index (κ1) is 26.6. The van der Waals surface area contributed by atoms with Gasteiger partial charge in [-0.15, -0.1) is 0 Å². The van der Waals surface area contributed by atoms with Crippen molar-refractivity contribution in [1.29, 1.82) is 0 Å². The van der Waals surface area contributed by atoms with Crippen LogP contribution in [-0.4, -0.2) is 33.7 Å². The molecule has 2 aliphatic rings. The average Bonchev–Trinajstić information content (AvgIpc) is 3.00. The third-order valence-corrected chi connectivity index (χ3v) is 7.65. The summed E-state index contributed by atoms with van der Waals surface area (Å²) >= 11 is 0. The zero-order valence-electron chi connectivity index (χ0n) is 24.1. The molecule has 0 saturated heterocycles. The number of aliphatic imine (C=N–C) groups is 1. The van der Waals surface area contributed by atoms with Gasteiger partial charge in [0, 0.05) is 40.5 Å². The van der Waals surface area contributed by atoms with Gasteiger partial charge in [-0.1, -0.05) is 98.0 Å². The Hall–Kier alpha value is -4.57. The summed E-state index contributed by atoms with van der Waals surface area (Å²) in [6.45, 7) is 7.95. The highest BCUT2D eigenvalue weighted by Gasteiger charge is 2.19. The molecule has 2 aromatic carbocycles. The molecule has 4 heteroatoms. The number of hydrogen-bond acceptors (Lipinski definition) is 4. The Kier molecular flexibility index (Phi) is 7.73. The minimum atomic E-state index is 0.311. The van der Waals surface area contributed by atoms with Crippen molar-refractivity contribution >= 4 is 44.1 Å². The van der Waals surface area contributed by atoms with Crippen LogP contribution in [0, 0.1) is 0 Å². The number of para-hydroxylation sites is 1. The van der Waals surface area contributed by atoms with Gasteiger partial charge in [0.25, 0.3) is 0 Å². The number of pyridine rings is 2. The summed E-state index contributed by atoms with van der Waals surface area (Å²) in [5, 5.41) is 3.48. The fourth-order valence-corrected chi connectivity index (χ4v) is 5.87. The van der Waals surface area contributed by atoms with E-state index in [0.29, 0.717) is 5.92 Å². The Labute approximate surface area is 242 Å². The quantitative estimate of drug-likeness (QED) is 0.134. The van der Waals surface area contributed by atoms with Crippen molar-refractivity contribution in [3.63, 3.8) is 0 Å². The Morgan fingerprint density at radius 3 is 2.71 bits per heavy atom. The normalized spacial score (nSPS) is 17.9. The lowest BCUT2D eigenvalue weighted by molar-refractivity contribution is 0.467. The van der Waals surface area contributed by atoms with Crippen LogP contribution >= 0.6 is 0 Å². The Balaban J connectivity index is 1.44. The van der Waals surface area contributed by atoms with E-state index in [0.717, 1.165) is 65.0 Å². The Morgan fingerprint density at radius 1 is 1.00 bits per heavy atom. The fourth-order valence-electron chi connectivity index (χ4n) is 5.87. The molecule has 1 atom stereocenters. The second-order valence-electron chi connectivity index (χ2n) is 10.7. The lowest BCUT2D eigenvalue weighted by atomic mass is 9.87. The summed E-state index contributed by atoms with van der Waals surface area (Å²) in [4.78, 5) is 17.8. The van der Waals surface area contributed by atoms with Crippen molar-refractivity contribution in [1.82, 2.24) is 14.9 Å². The Morgan fingerprint density at radius 2 is 1.88 bits per heavy atom. The lowest BCUT2D eigenvalue weighted by Gasteiger charge is -2.22. The van der Waals surface area contributed by atoms with Gasteiger partial charge in [-0.3, -0.25) is 4.99 Å². The maximum Gasteiger partial charge on any atom is 0.0975 e. The molecule has 1 aliphatic heterocycles. The maximum atomic E-state index is 5.24. The second kappa shape index (κ2) is 11.9. The largest absolute Gasteiger partial charge is 0.368 e. The van der Waals surface area contributed by atoms with Gasteiger partial charge in [-0.2, -0.15) is 0 Å². The average molecular weight is 537 g/mol. The molecule has 0 radical (unpaired) electrons. The van der Waals surface area contributed by atoms with Crippen LogP contribution in [0.25, 0.3) is 38.4 Å². The molecule has 4 nitrogen and oxygen atoms in total. The number of rotatable bonds is 7. The summed E-state index contributed by atoms with van der Waals surface area (Å²) in [5.41, 5.74) is 8.28. The fraction of sp³-hybridized carbons (Fsp3) is 0.216. The van der Waals surface area contributed by atoms with Crippen molar-refractivity contribution in [2.24, 2.45) is 4.99 Å². The molecule has 0 N–H and O–H groups in total. The van der Waals surface area contributed by atoms with Crippen molar-refractivity contribution in [3.8, 4) is 0 Å². The highest BCUT2D eigenvalue weighted by atomic mass is 15.1. The molecule has 0 amide bonds. The predicted molar refractivity (Wildman–Crippen MR) is 175 cm³/mol. The van der Waals surface area contributed by atoms with Crippen LogP contribution in [0.4, 0.5) is 0 Å². The van der Waals surface area contributed by atoms with Gasteiger partial charge >= 0.3 is 0 Å². The van der Waals surface area contributed by atoms with E-state index >= 15 is 0 Å². The van der Waals surface area contributed by atoms with Crippen LogP contribution in [0.5, 0.6) is 0 Å². The van der Waals surface area contributed by atoms with Crippen molar-refractivity contribution in [2.45, 2.75) is 39.5 Å². The van der Waals surface area contributed by atoms with Gasteiger partial charge < -0.3 is 4.90 Å². The molecule has 0 spiro atoms. The first-order chi connectivity index (χ1) is 20.1. The van der Waals surface area contributed by atoms with Gasteiger partial charge in [0.05, 0.1) is 34.5 Å². The van der Waals surface area contributed by atoms with Gasteiger partial charge in [0.1, 0.15) is 0 Å². The lowest BCUT2D eigenvalue weighted by Crippen LogP contribution is -2.25. The van der Waals surface area contributed by atoms with E-state index in [1.54, 1.807) is 0 Å². The van der Waals surface area contributed by atoms with E-state index in [-0.39, 0.29) is 0 Å². The first-order valence-electron chi connectivity index (χ1n) is 14.6. The number of fused-ring (bicyclic) bond motifs is 4. The SMILES string of the molecule is C/C=C\C1=CN(CC(C)=N/C(=C\CC)c2ccc3ccc4c(C5C=CC=CC5)c5ccccc5nc4c3n2)CC=C1. The van der Waals surface area contributed by atoms with Crippen LogP contribution in [0.2, 0.25) is 0 Å². The summed E-state index contributed by atoms with van der Waals surface area (Å²) in [6, 6.07) is 17.2. The minimum Gasteiger partial charge on any atom is -0.368 e. The molecular weight excluding hydrogens is 500 g/mol. The summed E-state index contributed by atoms with van der Waals surface area (Å²) in [6.07, 6.45) is 23.7. The first-order valence-corrected chi connectivity index (χ1v) is 14.6. The highest BCUT2D eigenvalue weighted by molar-refractivity contribution is 6.09. The van der Waals surface area contributed by atoms with E-state index in [9.17, 15) is 0 Å².